The van der Waals surface area contributed by atoms with Gasteiger partial charge < -0.3 is 5.11 Å². The van der Waals surface area contributed by atoms with E-state index in [4.69, 9.17) is 5.11 Å². The number of nitrogens with zero attached hydrogens (tertiary/aromatic N) is 1. The molecule has 1 fully saturated rings. The van der Waals surface area contributed by atoms with Crippen LogP contribution in [0.3, 0.4) is 0 Å². The number of carboxylic acids is 1. The molecule has 3 nitrogen and oxygen atoms in total. The molecule has 4 heteroatoms. The number of carboxylic acid groups (broad SMARTS) is 1. The third kappa shape index (κ3) is 1.12. The van der Waals surface area contributed by atoms with Gasteiger partial charge in [-0.3, -0.25) is 4.79 Å². The number of carbonyl (C=O) groups is 1. The van der Waals surface area contributed by atoms with E-state index in [0.29, 0.717) is 0 Å². The number of aromatic nitrogens is 1. The molecule has 0 spiro atoms. The second kappa shape index (κ2) is 2.86. The molecule has 1 aliphatic rings. The number of aliphatic carboxylic acids is 1. The Labute approximate surface area is 74.1 Å². The molecule has 0 aromatic carbocycles. The lowest BCUT2D eigenvalue weighted by Crippen LogP contribution is -2.31. The summed E-state index contributed by atoms with van der Waals surface area (Å²) in [6.45, 7) is 0. The molecule has 0 saturated heterocycles. The Hall–Kier alpha value is -0.900. The average Bonchev–Trinajstić information content (AvgIpc) is 2.35. The second-order valence-corrected chi connectivity index (χ2v) is 3.76. The second-order valence-electron chi connectivity index (χ2n) is 3.04. The molecule has 2 atom stereocenters. The summed E-state index contributed by atoms with van der Waals surface area (Å²) in [6.07, 6.45) is 1.78. The Morgan fingerprint density at radius 3 is 2.92 bits per heavy atom. The molecule has 2 rings (SSSR count). The van der Waals surface area contributed by atoms with Gasteiger partial charge in [-0.2, -0.15) is 0 Å². The van der Waals surface area contributed by atoms with Crippen molar-refractivity contribution in [3.8, 4) is 0 Å². The Bertz CT molecular complexity index is 283. The minimum absolute atomic E-state index is 0.175. The van der Waals surface area contributed by atoms with Crippen molar-refractivity contribution in [1.82, 2.24) is 4.98 Å². The van der Waals surface area contributed by atoms with Crippen LogP contribution in [0.25, 0.3) is 0 Å². The first-order valence-corrected chi connectivity index (χ1v) is 4.84. The van der Waals surface area contributed by atoms with Gasteiger partial charge in [0.2, 0.25) is 0 Å². The summed E-state index contributed by atoms with van der Waals surface area (Å²) in [5.74, 6) is -0.694. The van der Waals surface area contributed by atoms with Crippen molar-refractivity contribution in [2.75, 3.05) is 0 Å². The van der Waals surface area contributed by atoms with Crippen molar-refractivity contribution in [3.63, 3.8) is 0 Å². The zero-order chi connectivity index (χ0) is 8.55. The van der Waals surface area contributed by atoms with E-state index in [0.717, 1.165) is 18.5 Å². The summed E-state index contributed by atoms with van der Waals surface area (Å²) < 4.78 is 0. The van der Waals surface area contributed by atoms with Crippen molar-refractivity contribution in [1.29, 1.82) is 0 Å². The zero-order valence-electron chi connectivity index (χ0n) is 6.43. The van der Waals surface area contributed by atoms with Crippen molar-refractivity contribution in [2.45, 2.75) is 18.8 Å². The number of hydrogen-bond acceptors (Lipinski definition) is 3. The predicted octanol–water partition coefficient (Wildman–Crippen LogP) is 1.72. The fourth-order valence-corrected chi connectivity index (χ4v) is 2.17. The SMILES string of the molecule is O=C(O)C1CCC1c1cscn1. The quantitative estimate of drug-likeness (QED) is 0.759. The molecule has 1 saturated carbocycles. The molecule has 1 aromatic heterocycles. The lowest BCUT2D eigenvalue weighted by molar-refractivity contribution is -0.145. The third-order valence-electron chi connectivity index (χ3n) is 2.42. The van der Waals surface area contributed by atoms with Gasteiger partial charge in [-0.05, 0) is 12.8 Å². The Morgan fingerprint density at radius 2 is 2.50 bits per heavy atom. The molecular weight excluding hydrogens is 174 g/mol. The molecular formula is C8H9NO2S. The minimum atomic E-state index is -0.681. The lowest BCUT2D eigenvalue weighted by Gasteiger charge is -2.31. The van der Waals surface area contributed by atoms with Gasteiger partial charge in [-0.1, -0.05) is 0 Å². The fourth-order valence-electron chi connectivity index (χ4n) is 1.55. The van der Waals surface area contributed by atoms with E-state index < -0.39 is 5.97 Å². The van der Waals surface area contributed by atoms with Gasteiger partial charge >= 0.3 is 5.97 Å². The van der Waals surface area contributed by atoms with Crippen molar-refractivity contribution >= 4 is 17.3 Å². The minimum Gasteiger partial charge on any atom is -0.481 e. The van der Waals surface area contributed by atoms with Crippen molar-refractivity contribution in [3.05, 3.63) is 16.6 Å². The van der Waals surface area contributed by atoms with E-state index in [1.807, 2.05) is 5.38 Å². The molecule has 0 amide bonds. The monoisotopic (exact) mass is 183 g/mol. The maximum atomic E-state index is 10.7. The van der Waals surface area contributed by atoms with Gasteiger partial charge in [-0.25, -0.2) is 4.98 Å². The van der Waals surface area contributed by atoms with E-state index in [1.54, 1.807) is 5.51 Å². The zero-order valence-corrected chi connectivity index (χ0v) is 7.25. The van der Waals surface area contributed by atoms with E-state index in [2.05, 4.69) is 4.98 Å². The maximum Gasteiger partial charge on any atom is 0.307 e. The van der Waals surface area contributed by atoms with Gasteiger partial charge in [0.15, 0.2) is 0 Å². The maximum absolute atomic E-state index is 10.7. The van der Waals surface area contributed by atoms with Crippen molar-refractivity contribution in [2.24, 2.45) is 5.92 Å². The Kier molecular flexibility index (Phi) is 1.84. The molecule has 2 unspecified atom stereocenters. The van der Waals surface area contributed by atoms with Gasteiger partial charge in [0.1, 0.15) is 0 Å². The molecule has 0 radical (unpaired) electrons. The molecule has 0 bridgehead atoms. The van der Waals surface area contributed by atoms with Crippen LogP contribution in [0.1, 0.15) is 24.5 Å². The van der Waals surface area contributed by atoms with Crippen LogP contribution in [0, 0.1) is 5.92 Å². The van der Waals surface area contributed by atoms with E-state index in [-0.39, 0.29) is 11.8 Å². The molecule has 1 heterocycles. The van der Waals surface area contributed by atoms with Gasteiger partial charge in [0.05, 0.1) is 17.1 Å². The number of rotatable bonds is 2. The Morgan fingerprint density at radius 1 is 1.67 bits per heavy atom. The Balaban J connectivity index is 2.12. The van der Waals surface area contributed by atoms with Gasteiger partial charge in [-0.15, -0.1) is 11.3 Å². The summed E-state index contributed by atoms with van der Waals surface area (Å²) in [5, 5.41) is 10.7. The lowest BCUT2D eigenvalue weighted by atomic mass is 9.72. The first-order valence-electron chi connectivity index (χ1n) is 3.90. The molecule has 1 N–H and O–H groups in total. The topological polar surface area (TPSA) is 50.2 Å². The molecule has 0 aliphatic heterocycles. The van der Waals surface area contributed by atoms with Crippen LogP contribution in [-0.4, -0.2) is 16.1 Å². The number of thiazole rings is 1. The highest BCUT2D eigenvalue weighted by atomic mass is 32.1. The van der Waals surface area contributed by atoms with Crippen LogP contribution < -0.4 is 0 Å². The van der Waals surface area contributed by atoms with Gasteiger partial charge in [0.25, 0.3) is 0 Å². The first-order chi connectivity index (χ1) is 5.79. The van der Waals surface area contributed by atoms with E-state index in [1.165, 1.54) is 11.3 Å². The molecule has 64 valence electrons. The van der Waals surface area contributed by atoms with E-state index in [9.17, 15) is 4.79 Å². The van der Waals surface area contributed by atoms with Crippen LogP contribution >= 0.6 is 11.3 Å². The smallest absolute Gasteiger partial charge is 0.307 e. The number of hydrogen-bond donors (Lipinski definition) is 1. The first kappa shape index (κ1) is 7.73. The molecule has 1 aliphatic carbocycles. The highest BCUT2D eigenvalue weighted by Gasteiger charge is 2.38. The highest BCUT2D eigenvalue weighted by molar-refractivity contribution is 7.07. The summed E-state index contributed by atoms with van der Waals surface area (Å²) in [5.41, 5.74) is 2.71. The van der Waals surface area contributed by atoms with E-state index >= 15 is 0 Å². The van der Waals surface area contributed by atoms with Crippen LogP contribution in [0.5, 0.6) is 0 Å². The summed E-state index contributed by atoms with van der Waals surface area (Å²) in [4.78, 5) is 14.8. The van der Waals surface area contributed by atoms with Crippen molar-refractivity contribution < 1.29 is 9.90 Å². The van der Waals surface area contributed by atoms with Gasteiger partial charge in [0, 0.05) is 11.3 Å². The van der Waals surface area contributed by atoms with Crippen LogP contribution in [0.15, 0.2) is 10.9 Å². The fraction of sp³-hybridized carbons (Fsp3) is 0.500. The normalized spacial score (nSPS) is 28.0. The standard InChI is InChI=1S/C8H9NO2S/c10-8(11)6-2-1-5(6)7-3-12-4-9-7/h3-6H,1-2H2,(H,10,11). The highest BCUT2D eigenvalue weighted by Crippen LogP contribution is 2.42. The molecule has 1 aromatic rings. The predicted molar refractivity (Wildman–Crippen MR) is 45.2 cm³/mol. The summed E-state index contributed by atoms with van der Waals surface area (Å²) >= 11 is 1.53. The third-order valence-corrected chi connectivity index (χ3v) is 3.03. The summed E-state index contributed by atoms with van der Waals surface area (Å²) in [6, 6.07) is 0. The molecule has 12 heavy (non-hydrogen) atoms. The van der Waals surface area contributed by atoms with Crippen LogP contribution in [0.2, 0.25) is 0 Å². The summed E-state index contributed by atoms with van der Waals surface area (Å²) in [7, 11) is 0. The van der Waals surface area contributed by atoms with Crippen LogP contribution in [0.4, 0.5) is 0 Å². The largest absolute Gasteiger partial charge is 0.481 e. The van der Waals surface area contributed by atoms with Crippen LogP contribution in [-0.2, 0) is 4.79 Å². The average molecular weight is 183 g/mol.